The zero-order valence-electron chi connectivity index (χ0n) is 17.1. The molecule has 2 N–H and O–H groups in total. The first kappa shape index (κ1) is 19.2. The molecule has 0 radical (unpaired) electrons. The van der Waals surface area contributed by atoms with Gasteiger partial charge in [0, 0.05) is 17.6 Å². The molecule has 3 aromatic rings. The molecular formula is C25H26FN3. The molecule has 2 aromatic heterocycles. The smallest absolute Gasteiger partial charge is 0.123 e. The van der Waals surface area contributed by atoms with Gasteiger partial charge in [0.2, 0.25) is 0 Å². The predicted octanol–water partition coefficient (Wildman–Crippen LogP) is 6.21. The van der Waals surface area contributed by atoms with Crippen LogP contribution in [0.2, 0.25) is 0 Å². The molecule has 3 heterocycles. The fourth-order valence-electron chi connectivity index (χ4n) is 3.88. The third-order valence-corrected chi connectivity index (χ3v) is 5.52. The van der Waals surface area contributed by atoms with E-state index in [2.05, 4.69) is 48.9 Å². The maximum Gasteiger partial charge on any atom is 0.123 e. The number of rotatable bonds is 6. The molecule has 0 saturated carbocycles. The molecule has 148 valence electrons. The molecule has 29 heavy (non-hydrogen) atoms. The van der Waals surface area contributed by atoms with Crippen molar-refractivity contribution in [2.75, 3.05) is 0 Å². The van der Waals surface area contributed by atoms with Crippen LogP contribution >= 0.6 is 0 Å². The fraction of sp³-hybridized carbons (Fsp3) is 0.240. The summed E-state index contributed by atoms with van der Waals surface area (Å²) in [5, 5.41) is 0. The lowest BCUT2D eigenvalue weighted by Gasteiger charge is -2.04. The number of aryl methyl sites for hydroxylation is 1. The van der Waals surface area contributed by atoms with Crippen LogP contribution in [0.4, 0.5) is 4.39 Å². The molecule has 4 rings (SSSR count). The third-order valence-electron chi connectivity index (χ3n) is 5.52. The van der Waals surface area contributed by atoms with Crippen LogP contribution in [0.5, 0.6) is 0 Å². The Morgan fingerprint density at radius 2 is 1.86 bits per heavy atom. The summed E-state index contributed by atoms with van der Waals surface area (Å²) in [6.45, 7) is 6.46. The van der Waals surface area contributed by atoms with Gasteiger partial charge in [-0.05, 0) is 84.9 Å². The highest BCUT2D eigenvalue weighted by Crippen LogP contribution is 2.32. The van der Waals surface area contributed by atoms with Crippen LogP contribution in [0.1, 0.15) is 55.4 Å². The Morgan fingerprint density at radius 3 is 2.52 bits per heavy atom. The van der Waals surface area contributed by atoms with Gasteiger partial charge in [0.05, 0.1) is 17.1 Å². The van der Waals surface area contributed by atoms with Gasteiger partial charge in [-0.3, -0.25) is 0 Å². The SMILES string of the molecule is CCC1=C(C)/C(=C/c2[nH]c(CC)cc2Cc2ccc(F)cc2)N=C1c1ccc[nH]1. The topological polar surface area (TPSA) is 43.9 Å². The van der Waals surface area contributed by atoms with Crippen LogP contribution in [0.3, 0.4) is 0 Å². The molecule has 1 aliphatic heterocycles. The number of nitrogens with zero attached hydrogens (tertiary/aromatic N) is 1. The van der Waals surface area contributed by atoms with E-state index in [0.717, 1.165) is 47.6 Å². The zero-order chi connectivity index (χ0) is 20.4. The number of hydrogen-bond donors (Lipinski definition) is 2. The molecule has 0 saturated heterocycles. The molecular weight excluding hydrogens is 361 g/mol. The quantitative estimate of drug-likeness (QED) is 0.505. The maximum absolute atomic E-state index is 13.3. The van der Waals surface area contributed by atoms with E-state index in [1.165, 1.54) is 34.5 Å². The van der Waals surface area contributed by atoms with Crippen LogP contribution in [0.25, 0.3) is 6.08 Å². The summed E-state index contributed by atoms with van der Waals surface area (Å²) in [4.78, 5) is 11.8. The zero-order valence-corrected chi connectivity index (χ0v) is 17.1. The van der Waals surface area contributed by atoms with Crippen molar-refractivity contribution < 1.29 is 4.39 Å². The highest BCUT2D eigenvalue weighted by Gasteiger charge is 2.22. The molecule has 0 atom stereocenters. The van der Waals surface area contributed by atoms with Crippen molar-refractivity contribution in [1.29, 1.82) is 0 Å². The van der Waals surface area contributed by atoms with Gasteiger partial charge in [0.15, 0.2) is 0 Å². The van der Waals surface area contributed by atoms with E-state index in [4.69, 9.17) is 4.99 Å². The second kappa shape index (κ2) is 8.08. The monoisotopic (exact) mass is 387 g/mol. The Labute approximate surface area is 171 Å². The summed E-state index contributed by atoms with van der Waals surface area (Å²) in [6, 6.07) is 13.0. The normalized spacial score (nSPS) is 15.4. The fourth-order valence-corrected chi connectivity index (χ4v) is 3.88. The summed E-state index contributed by atoms with van der Waals surface area (Å²) >= 11 is 0. The van der Waals surface area contributed by atoms with E-state index in [1.807, 2.05) is 24.4 Å². The van der Waals surface area contributed by atoms with Gasteiger partial charge < -0.3 is 9.97 Å². The number of halogens is 1. The first-order valence-corrected chi connectivity index (χ1v) is 10.2. The standard InChI is InChI=1S/C25H26FN3/c1-4-20-14-18(13-17-8-10-19(26)11-9-17)24(28-20)15-23-16(3)21(5-2)25(29-23)22-7-6-12-27-22/h6-12,14-15,27-28H,4-5,13H2,1-3H3/b23-15-. The third kappa shape index (κ3) is 3.88. The summed E-state index contributed by atoms with van der Waals surface area (Å²) < 4.78 is 13.3. The lowest BCUT2D eigenvalue weighted by molar-refractivity contribution is 0.627. The molecule has 0 unspecified atom stereocenters. The Kier molecular flexibility index (Phi) is 5.34. The van der Waals surface area contributed by atoms with E-state index < -0.39 is 0 Å². The van der Waals surface area contributed by atoms with E-state index >= 15 is 0 Å². The van der Waals surface area contributed by atoms with Crippen LogP contribution in [0, 0.1) is 5.82 Å². The van der Waals surface area contributed by atoms with Crippen LogP contribution in [-0.4, -0.2) is 15.7 Å². The Balaban J connectivity index is 1.73. The minimum Gasteiger partial charge on any atom is -0.360 e. The number of nitrogens with one attached hydrogen (secondary N) is 2. The van der Waals surface area contributed by atoms with Crippen LogP contribution in [0.15, 0.2) is 70.5 Å². The Hall–Kier alpha value is -3.14. The van der Waals surface area contributed by atoms with E-state index in [1.54, 1.807) is 0 Å². The number of H-pyrrole nitrogens is 2. The van der Waals surface area contributed by atoms with Gasteiger partial charge in [-0.2, -0.15) is 0 Å². The van der Waals surface area contributed by atoms with Crippen molar-refractivity contribution in [2.45, 2.75) is 40.0 Å². The van der Waals surface area contributed by atoms with Crippen molar-refractivity contribution in [2.24, 2.45) is 4.99 Å². The van der Waals surface area contributed by atoms with E-state index in [0.29, 0.717) is 0 Å². The summed E-state index contributed by atoms with van der Waals surface area (Å²) in [5.74, 6) is -0.204. The number of aromatic nitrogens is 2. The highest BCUT2D eigenvalue weighted by atomic mass is 19.1. The van der Waals surface area contributed by atoms with E-state index in [9.17, 15) is 4.39 Å². The predicted molar refractivity (Wildman–Crippen MR) is 118 cm³/mol. The summed E-state index contributed by atoms with van der Waals surface area (Å²) in [6.07, 6.45) is 6.72. The van der Waals surface area contributed by atoms with Crippen molar-refractivity contribution in [3.63, 3.8) is 0 Å². The minimum atomic E-state index is -0.204. The van der Waals surface area contributed by atoms with Crippen LogP contribution < -0.4 is 0 Å². The second-order valence-electron chi connectivity index (χ2n) is 7.42. The van der Waals surface area contributed by atoms with Gasteiger partial charge >= 0.3 is 0 Å². The summed E-state index contributed by atoms with van der Waals surface area (Å²) in [5.41, 5.74) is 10.1. The number of benzene rings is 1. The Bertz CT molecular complexity index is 1090. The Morgan fingerprint density at radius 1 is 1.07 bits per heavy atom. The van der Waals surface area contributed by atoms with Gasteiger partial charge in [0.25, 0.3) is 0 Å². The lowest BCUT2D eigenvalue weighted by Crippen LogP contribution is -2.02. The highest BCUT2D eigenvalue weighted by molar-refractivity contribution is 6.15. The van der Waals surface area contributed by atoms with Gasteiger partial charge in [-0.15, -0.1) is 0 Å². The second-order valence-corrected chi connectivity index (χ2v) is 7.42. The lowest BCUT2D eigenvalue weighted by atomic mass is 10.0. The molecule has 3 nitrogen and oxygen atoms in total. The average Bonchev–Trinajstić information content (AvgIpc) is 3.44. The van der Waals surface area contributed by atoms with Gasteiger partial charge in [-0.1, -0.05) is 26.0 Å². The summed E-state index contributed by atoms with van der Waals surface area (Å²) in [7, 11) is 0. The average molecular weight is 388 g/mol. The number of aliphatic imine (C=N–C) groups is 1. The van der Waals surface area contributed by atoms with Gasteiger partial charge in [0.1, 0.15) is 5.82 Å². The molecule has 1 aliphatic rings. The van der Waals surface area contributed by atoms with Crippen molar-refractivity contribution in [3.05, 3.63) is 99.5 Å². The number of allylic oxidation sites excluding steroid dienone is 2. The molecule has 1 aromatic carbocycles. The first-order valence-electron chi connectivity index (χ1n) is 10.2. The van der Waals surface area contributed by atoms with E-state index in [-0.39, 0.29) is 5.82 Å². The number of hydrogen-bond acceptors (Lipinski definition) is 1. The molecule has 0 spiro atoms. The number of aromatic amines is 2. The molecule has 0 fully saturated rings. The van der Waals surface area contributed by atoms with Gasteiger partial charge in [-0.25, -0.2) is 9.38 Å². The molecule has 0 aliphatic carbocycles. The van der Waals surface area contributed by atoms with Crippen molar-refractivity contribution >= 4 is 11.8 Å². The molecule has 0 bridgehead atoms. The largest absolute Gasteiger partial charge is 0.360 e. The minimum absolute atomic E-state index is 0.204. The molecule has 0 amide bonds. The van der Waals surface area contributed by atoms with Crippen LogP contribution in [-0.2, 0) is 12.8 Å². The van der Waals surface area contributed by atoms with Crippen molar-refractivity contribution in [1.82, 2.24) is 9.97 Å². The van der Waals surface area contributed by atoms with Crippen molar-refractivity contribution in [3.8, 4) is 0 Å². The molecule has 4 heteroatoms. The maximum atomic E-state index is 13.3. The first-order chi connectivity index (χ1) is 14.1.